The van der Waals surface area contributed by atoms with Gasteiger partial charge in [0.15, 0.2) is 0 Å². The zero-order valence-corrected chi connectivity index (χ0v) is 12.1. The van der Waals surface area contributed by atoms with E-state index in [0.29, 0.717) is 0 Å². The number of nitrogens with zero attached hydrogens (tertiary/aromatic N) is 1. The summed E-state index contributed by atoms with van der Waals surface area (Å²) < 4.78 is 6.75. The summed E-state index contributed by atoms with van der Waals surface area (Å²) in [6.07, 6.45) is 7.35. The first kappa shape index (κ1) is 12.2. The van der Waals surface area contributed by atoms with Crippen molar-refractivity contribution in [1.29, 1.82) is 0 Å². The highest BCUT2D eigenvalue weighted by Gasteiger charge is 2.13. The second kappa shape index (κ2) is 5.45. The lowest BCUT2D eigenvalue weighted by Gasteiger charge is -2.18. The Morgan fingerprint density at radius 3 is 2.67 bits per heavy atom. The number of likely N-dealkylation sites (tertiary alicyclic amines) is 1. The molecular formula is C15H18BrNO. The molecule has 1 aliphatic rings. The number of halogens is 1. The highest BCUT2D eigenvalue weighted by atomic mass is 79.9. The van der Waals surface area contributed by atoms with Gasteiger partial charge in [-0.25, -0.2) is 0 Å². The van der Waals surface area contributed by atoms with Gasteiger partial charge in [-0.2, -0.15) is 0 Å². The van der Waals surface area contributed by atoms with Gasteiger partial charge in [-0.3, -0.25) is 4.90 Å². The SMILES string of the molecule is Brc1ccc2occ(CN3CCCCCC3)c2c1. The standard InChI is InChI=1S/C15H18BrNO/c16-13-5-6-15-14(9-13)12(11-18-15)10-17-7-3-1-2-4-8-17/h5-6,9,11H,1-4,7-8,10H2. The lowest BCUT2D eigenvalue weighted by atomic mass is 10.1. The lowest BCUT2D eigenvalue weighted by Crippen LogP contribution is -2.23. The molecule has 2 nitrogen and oxygen atoms in total. The van der Waals surface area contributed by atoms with Crippen LogP contribution in [0.1, 0.15) is 31.2 Å². The van der Waals surface area contributed by atoms with Crippen molar-refractivity contribution < 1.29 is 4.42 Å². The Hall–Kier alpha value is -0.800. The minimum Gasteiger partial charge on any atom is -0.464 e. The van der Waals surface area contributed by atoms with Crippen LogP contribution in [0.5, 0.6) is 0 Å². The third-order valence-electron chi connectivity index (χ3n) is 3.71. The van der Waals surface area contributed by atoms with Crippen molar-refractivity contribution in [2.75, 3.05) is 13.1 Å². The monoisotopic (exact) mass is 307 g/mol. The van der Waals surface area contributed by atoms with Crippen LogP contribution in [0.2, 0.25) is 0 Å². The van der Waals surface area contributed by atoms with E-state index in [9.17, 15) is 0 Å². The van der Waals surface area contributed by atoms with Crippen LogP contribution in [0.3, 0.4) is 0 Å². The topological polar surface area (TPSA) is 16.4 Å². The Kier molecular flexibility index (Phi) is 3.71. The van der Waals surface area contributed by atoms with Gasteiger partial charge in [0.05, 0.1) is 6.26 Å². The average Bonchev–Trinajstić information content (AvgIpc) is 2.60. The molecule has 0 spiro atoms. The predicted octanol–water partition coefficient (Wildman–Crippen LogP) is 4.57. The fourth-order valence-corrected chi connectivity index (χ4v) is 3.07. The van der Waals surface area contributed by atoms with Crippen molar-refractivity contribution in [2.45, 2.75) is 32.2 Å². The fourth-order valence-electron chi connectivity index (χ4n) is 2.71. The zero-order valence-electron chi connectivity index (χ0n) is 10.5. The molecule has 2 aromatic rings. The molecule has 3 rings (SSSR count). The first-order valence-corrected chi connectivity index (χ1v) is 7.50. The van der Waals surface area contributed by atoms with Crippen molar-refractivity contribution in [1.82, 2.24) is 4.90 Å². The molecule has 1 saturated heterocycles. The Balaban J connectivity index is 1.83. The van der Waals surface area contributed by atoms with Crippen LogP contribution >= 0.6 is 15.9 Å². The second-order valence-electron chi connectivity index (χ2n) is 5.09. The molecule has 1 aromatic heterocycles. The number of benzene rings is 1. The molecule has 0 bridgehead atoms. The number of furan rings is 1. The summed E-state index contributed by atoms with van der Waals surface area (Å²) in [4.78, 5) is 2.55. The molecule has 2 heterocycles. The van der Waals surface area contributed by atoms with E-state index in [1.807, 2.05) is 18.4 Å². The summed E-state index contributed by atoms with van der Waals surface area (Å²) in [5.41, 5.74) is 2.30. The molecular weight excluding hydrogens is 290 g/mol. The van der Waals surface area contributed by atoms with E-state index in [1.54, 1.807) is 0 Å². The quantitative estimate of drug-likeness (QED) is 0.808. The molecule has 0 aliphatic carbocycles. The number of rotatable bonds is 2. The van der Waals surface area contributed by atoms with Crippen LogP contribution in [-0.4, -0.2) is 18.0 Å². The van der Waals surface area contributed by atoms with Crippen molar-refractivity contribution in [3.8, 4) is 0 Å². The molecule has 0 radical (unpaired) electrons. The fraction of sp³-hybridized carbons (Fsp3) is 0.467. The predicted molar refractivity (Wildman–Crippen MR) is 77.7 cm³/mol. The van der Waals surface area contributed by atoms with Crippen LogP contribution in [0.15, 0.2) is 33.4 Å². The Morgan fingerprint density at radius 2 is 1.89 bits per heavy atom. The summed E-state index contributed by atoms with van der Waals surface area (Å²) in [5.74, 6) is 0. The highest BCUT2D eigenvalue weighted by molar-refractivity contribution is 9.10. The number of fused-ring (bicyclic) bond motifs is 1. The zero-order chi connectivity index (χ0) is 12.4. The van der Waals surface area contributed by atoms with Crippen LogP contribution in [0.25, 0.3) is 11.0 Å². The van der Waals surface area contributed by atoms with E-state index in [2.05, 4.69) is 26.9 Å². The van der Waals surface area contributed by atoms with Crippen LogP contribution in [-0.2, 0) is 6.54 Å². The van der Waals surface area contributed by atoms with Gasteiger partial charge in [-0.1, -0.05) is 28.8 Å². The van der Waals surface area contributed by atoms with Gasteiger partial charge < -0.3 is 4.42 Å². The molecule has 0 N–H and O–H groups in total. The summed E-state index contributed by atoms with van der Waals surface area (Å²) in [5, 5.41) is 1.24. The number of hydrogen-bond acceptors (Lipinski definition) is 2. The van der Waals surface area contributed by atoms with Crippen molar-refractivity contribution in [3.05, 3.63) is 34.5 Å². The van der Waals surface area contributed by atoms with Crippen molar-refractivity contribution >= 4 is 26.9 Å². The summed E-state index contributed by atoms with van der Waals surface area (Å²) in [7, 11) is 0. The van der Waals surface area contributed by atoms with Gasteiger partial charge >= 0.3 is 0 Å². The maximum atomic E-state index is 5.63. The van der Waals surface area contributed by atoms with Gasteiger partial charge in [-0.05, 0) is 44.1 Å². The first-order valence-electron chi connectivity index (χ1n) is 6.71. The highest BCUT2D eigenvalue weighted by Crippen LogP contribution is 2.26. The van der Waals surface area contributed by atoms with E-state index in [0.717, 1.165) is 16.6 Å². The van der Waals surface area contributed by atoms with E-state index in [4.69, 9.17) is 4.42 Å². The van der Waals surface area contributed by atoms with Crippen LogP contribution in [0, 0.1) is 0 Å². The van der Waals surface area contributed by atoms with E-state index >= 15 is 0 Å². The molecule has 18 heavy (non-hydrogen) atoms. The number of hydrogen-bond donors (Lipinski definition) is 0. The normalized spacial score (nSPS) is 18.1. The summed E-state index contributed by atoms with van der Waals surface area (Å²) in [6, 6.07) is 6.22. The Morgan fingerprint density at radius 1 is 1.11 bits per heavy atom. The minimum atomic E-state index is 0.989. The van der Waals surface area contributed by atoms with Gasteiger partial charge in [-0.15, -0.1) is 0 Å². The third-order valence-corrected chi connectivity index (χ3v) is 4.20. The first-order chi connectivity index (χ1) is 8.83. The molecule has 0 unspecified atom stereocenters. The molecule has 0 saturated carbocycles. The van der Waals surface area contributed by atoms with Gasteiger partial charge in [0, 0.05) is 22.0 Å². The summed E-state index contributed by atoms with van der Waals surface area (Å²) >= 11 is 3.53. The molecule has 3 heteroatoms. The van der Waals surface area contributed by atoms with Crippen LogP contribution < -0.4 is 0 Å². The van der Waals surface area contributed by atoms with Crippen molar-refractivity contribution in [2.24, 2.45) is 0 Å². The van der Waals surface area contributed by atoms with Gasteiger partial charge in [0.2, 0.25) is 0 Å². The largest absolute Gasteiger partial charge is 0.464 e. The molecule has 1 aromatic carbocycles. The molecule has 1 fully saturated rings. The molecule has 1 aliphatic heterocycles. The maximum absolute atomic E-state index is 5.63. The van der Waals surface area contributed by atoms with Gasteiger partial charge in [0.25, 0.3) is 0 Å². The lowest BCUT2D eigenvalue weighted by molar-refractivity contribution is 0.277. The second-order valence-corrected chi connectivity index (χ2v) is 6.01. The van der Waals surface area contributed by atoms with Gasteiger partial charge in [0.1, 0.15) is 5.58 Å². The Labute approximate surface area is 116 Å². The smallest absolute Gasteiger partial charge is 0.134 e. The molecule has 0 amide bonds. The molecule has 0 atom stereocenters. The van der Waals surface area contributed by atoms with E-state index in [-0.39, 0.29) is 0 Å². The van der Waals surface area contributed by atoms with E-state index in [1.165, 1.54) is 49.7 Å². The average molecular weight is 308 g/mol. The van der Waals surface area contributed by atoms with Crippen LogP contribution in [0.4, 0.5) is 0 Å². The maximum Gasteiger partial charge on any atom is 0.134 e. The van der Waals surface area contributed by atoms with E-state index < -0.39 is 0 Å². The summed E-state index contributed by atoms with van der Waals surface area (Å²) in [6.45, 7) is 3.46. The molecule has 96 valence electrons. The third kappa shape index (κ3) is 2.62. The Bertz CT molecular complexity index is 526. The van der Waals surface area contributed by atoms with Crippen molar-refractivity contribution in [3.63, 3.8) is 0 Å². The minimum absolute atomic E-state index is 0.989.